The molecular weight excluding hydrogens is 172 g/mol. The second kappa shape index (κ2) is 3.92. The normalized spacial score (nSPS) is 46.8. The van der Waals surface area contributed by atoms with E-state index in [0.29, 0.717) is 0 Å². The van der Waals surface area contributed by atoms with Gasteiger partial charge in [-0.25, -0.2) is 0 Å². The molecule has 1 rings (SSSR count). The van der Waals surface area contributed by atoms with Crippen LogP contribution < -0.4 is 0 Å². The fraction of sp³-hybridized carbons (Fsp3) is 1.00. The summed E-state index contributed by atoms with van der Waals surface area (Å²) in [5, 5.41) is 28.4. The lowest BCUT2D eigenvalue weighted by molar-refractivity contribution is -0.226. The molecule has 1 fully saturated rings. The first kappa shape index (κ1) is 10.9. The van der Waals surface area contributed by atoms with Crippen molar-refractivity contribution in [3.05, 3.63) is 0 Å². The van der Waals surface area contributed by atoms with Gasteiger partial charge >= 0.3 is 0 Å². The Morgan fingerprint density at radius 3 is 2.00 bits per heavy atom. The van der Waals surface area contributed by atoms with Crippen LogP contribution >= 0.6 is 0 Å². The lowest BCUT2D eigenvalue weighted by Gasteiger charge is -2.41. The lowest BCUT2D eigenvalue weighted by atomic mass is 9.90. The second-order valence-corrected chi connectivity index (χ2v) is 4.02. The highest BCUT2D eigenvalue weighted by Gasteiger charge is 2.42. The molecule has 4 heteroatoms. The minimum absolute atomic E-state index is 0.125. The van der Waals surface area contributed by atoms with Crippen molar-refractivity contribution in [2.75, 3.05) is 0 Å². The molecule has 13 heavy (non-hydrogen) atoms. The number of hydrogen-bond donors (Lipinski definition) is 3. The van der Waals surface area contributed by atoms with Gasteiger partial charge in [-0.1, -0.05) is 13.8 Å². The SMILES string of the molecule is CC1O[C@@H](C(C)C)[C@@H](O)C(O)[C@@H]1O. The molecule has 1 saturated heterocycles. The number of hydrogen-bond acceptors (Lipinski definition) is 4. The molecule has 2 unspecified atom stereocenters. The summed E-state index contributed by atoms with van der Waals surface area (Å²) < 4.78 is 5.38. The summed E-state index contributed by atoms with van der Waals surface area (Å²) in [7, 11) is 0. The van der Waals surface area contributed by atoms with Crippen LogP contribution in [0.25, 0.3) is 0 Å². The van der Waals surface area contributed by atoms with Crippen LogP contribution in [0.1, 0.15) is 20.8 Å². The molecule has 0 aliphatic carbocycles. The smallest absolute Gasteiger partial charge is 0.111 e. The zero-order valence-corrected chi connectivity index (χ0v) is 8.21. The minimum atomic E-state index is -1.10. The van der Waals surface area contributed by atoms with E-state index in [4.69, 9.17) is 4.74 Å². The summed E-state index contributed by atoms with van der Waals surface area (Å²) in [5.74, 6) is 0.125. The highest BCUT2D eigenvalue weighted by Crippen LogP contribution is 2.25. The van der Waals surface area contributed by atoms with Crippen molar-refractivity contribution in [1.29, 1.82) is 0 Å². The zero-order chi connectivity index (χ0) is 10.2. The highest BCUT2D eigenvalue weighted by atomic mass is 16.5. The van der Waals surface area contributed by atoms with Crippen LogP contribution in [0.15, 0.2) is 0 Å². The van der Waals surface area contributed by atoms with Crippen LogP contribution in [0.2, 0.25) is 0 Å². The van der Waals surface area contributed by atoms with Gasteiger partial charge in [0.2, 0.25) is 0 Å². The molecule has 0 spiro atoms. The average molecular weight is 190 g/mol. The van der Waals surface area contributed by atoms with E-state index in [-0.39, 0.29) is 5.92 Å². The van der Waals surface area contributed by atoms with Crippen LogP contribution in [-0.2, 0) is 4.74 Å². The van der Waals surface area contributed by atoms with Crippen molar-refractivity contribution in [2.45, 2.75) is 51.3 Å². The molecule has 3 N–H and O–H groups in total. The summed E-state index contributed by atoms with van der Waals surface area (Å²) in [4.78, 5) is 0. The molecule has 0 amide bonds. The number of aliphatic hydroxyl groups excluding tert-OH is 3. The lowest BCUT2D eigenvalue weighted by Crippen LogP contribution is -2.57. The van der Waals surface area contributed by atoms with E-state index in [0.717, 1.165) is 0 Å². The van der Waals surface area contributed by atoms with Crippen LogP contribution in [0, 0.1) is 5.92 Å². The molecule has 0 aromatic carbocycles. The first-order valence-electron chi connectivity index (χ1n) is 4.64. The van der Waals surface area contributed by atoms with Gasteiger partial charge in [-0.15, -0.1) is 0 Å². The summed E-state index contributed by atoms with van der Waals surface area (Å²) in [6, 6.07) is 0. The summed E-state index contributed by atoms with van der Waals surface area (Å²) in [6.45, 7) is 5.51. The van der Waals surface area contributed by atoms with E-state index in [1.807, 2.05) is 13.8 Å². The number of rotatable bonds is 1. The molecule has 5 atom stereocenters. The van der Waals surface area contributed by atoms with Gasteiger partial charge in [-0.05, 0) is 12.8 Å². The van der Waals surface area contributed by atoms with Gasteiger partial charge in [0, 0.05) is 0 Å². The van der Waals surface area contributed by atoms with Crippen LogP contribution in [-0.4, -0.2) is 45.8 Å². The molecule has 0 radical (unpaired) electrons. The fourth-order valence-electron chi connectivity index (χ4n) is 1.63. The van der Waals surface area contributed by atoms with Gasteiger partial charge in [-0.3, -0.25) is 0 Å². The van der Waals surface area contributed by atoms with E-state index in [9.17, 15) is 15.3 Å². The second-order valence-electron chi connectivity index (χ2n) is 4.02. The maximum absolute atomic E-state index is 9.56. The van der Waals surface area contributed by atoms with Gasteiger partial charge in [-0.2, -0.15) is 0 Å². The monoisotopic (exact) mass is 190 g/mol. The maximum Gasteiger partial charge on any atom is 0.111 e. The van der Waals surface area contributed by atoms with Crippen molar-refractivity contribution in [3.8, 4) is 0 Å². The third-order valence-electron chi connectivity index (χ3n) is 2.55. The molecule has 0 aromatic heterocycles. The van der Waals surface area contributed by atoms with Crippen LogP contribution in [0.5, 0.6) is 0 Å². The van der Waals surface area contributed by atoms with E-state index in [2.05, 4.69) is 0 Å². The highest BCUT2D eigenvalue weighted by molar-refractivity contribution is 4.91. The van der Waals surface area contributed by atoms with Gasteiger partial charge in [0.15, 0.2) is 0 Å². The van der Waals surface area contributed by atoms with Gasteiger partial charge in [0.1, 0.15) is 18.3 Å². The Labute approximate surface area is 78.1 Å². The molecule has 0 aromatic rings. The average Bonchev–Trinajstić information content (AvgIpc) is 2.07. The Hall–Kier alpha value is -0.160. The van der Waals surface area contributed by atoms with Crippen molar-refractivity contribution in [1.82, 2.24) is 0 Å². The number of ether oxygens (including phenoxy) is 1. The summed E-state index contributed by atoms with van der Waals surface area (Å²) in [5.41, 5.74) is 0. The Morgan fingerprint density at radius 2 is 1.54 bits per heavy atom. The Morgan fingerprint density at radius 1 is 1.00 bits per heavy atom. The Bertz CT molecular complexity index is 171. The van der Waals surface area contributed by atoms with E-state index < -0.39 is 30.5 Å². The third kappa shape index (κ3) is 2.02. The number of aliphatic hydroxyl groups is 3. The maximum atomic E-state index is 9.56. The molecule has 0 saturated carbocycles. The zero-order valence-electron chi connectivity index (χ0n) is 8.21. The molecule has 1 heterocycles. The van der Waals surface area contributed by atoms with E-state index in [1.165, 1.54) is 0 Å². The van der Waals surface area contributed by atoms with Gasteiger partial charge < -0.3 is 20.1 Å². The first-order valence-corrected chi connectivity index (χ1v) is 4.64. The minimum Gasteiger partial charge on any atom is -0.388 e. The fourth-order valence-corrected chi connectivity index (χ4v) is 1.63. The predicted octanol–water partition coefficient (Wildman–Crippen LogP) is -0.488. The molecule has 78 valence electrons. The Balaban J connectivity index is 2.70. The van der Waals surface area contributed by atoms with Crippen molar-refractivity contribution in [2.24, 2.45) is 5.92 Å². The molecule has 0 bridgehead atoms. The standard InChI is InChI=1S/C9H18O4/c1-4(2)9-8(12)7(11)6(10)5(3)13-9/h4-12H,1-3H3/t5?,6-,7?,8+,9+/m1/s1. The third-order valence-corrected chi connectivity index (χ3v) is 2.55. The van der Waals surface area contributed by atoms with Crippen molar-refractivity contribution in [3.63, 3.8) is 0 Å². The quantitative estimate of drug-likeness (QED) is 0.522. The largest absolute Gasteiger partial charge is 0.388 e. The summed E-state index contributed by atoms with van der Waals surface area (Å²) >= 11 is 0. The van der Waals surface area contributed by atoms with Crippen molar-refractivity contribution >= 4 is 0 Å². The van der Waals surface area contributed by atoms with Gasteiger partial charge in [0.05, 0.1) is 12.2 Å². The Kier molecular flexibility index (Phi) is 3.29. The van der Waals surface area contributed by atoms with E-state index in [1.54, 1.807) is 6.92 Å². The van der Waals surface area contributed by atoms with Gasteiger partial charge in [0.25, 0.3) is 0 Å². The molecule has 1 aliphatic heterocycles. The van der Waals surface area contributed by atoms with Crippen LogP contribution in [0.3, 0.4) is 0 Å². The molecule has 4 nitrogen and oxygen atoms in total. The molecule has 1 aliphatic rings. The topological polar surface area (TPSA) is 69.9 Å². The van der Waals surface area contributed by atoms with E-state index >= 15 is 0 Å². The summed E-state index contributed by atoms with van der Waals surface area (Å²) in [6.07, 6.45) is -3.91. The van der Waals surface area contributed by atoms with Crippen LogP contribution in [0.4, 0.5) is 0 Å². The van der Waals surface area contributed by atoms with Crippen molar-refractivity contribution < 1.29 is 20.1 Å². The predicted molar refractivity (Wildman–Crippen MR) is 47.2 cm³/mol. The molecular formula is C9H18O4. The first-order chi connectivity index (χ1) is 5.95.